The molecule has 0 aliphatic heterocycles. The van der Waals surface area contributed by atoms with Crippen molar-refractivity contribution in [1.29, 1.82) is 0 Å². The number of thiocarbonyl (C=S) groups is 1. The molecule has 0 unspecified atom stereocenters. The molecular formula is C15H20N4O2S. The molecule has 118 valence electrons. The first kappa shape index (κ1) is 16.4. The van der Waals surface area contributed by atoms with Crippen LogP contribution in [0.25, 0.3) is 0 Å². The Morgan fingerprint density at radius 3 is 2.59 bits per heavy atom. The van der Waals surface area contributed by atoms with Crippen LogP contribution in [0.5, 0.6) is 0 Å². The third kappa shape index (κ3) is 4.24. The van der Waals surface area contributed by atoms with E-state index in [0.29, 0.717) is 5.56 Å². The van der Waals surface area contributed by atoms with E-state index in [-0.39, 0.29) is 22.3 Å². The van der Waals surface area contributed by atoms with E-state index in [4.69, 9.17) is 12.2 Å². The smallest absolute Gasteiger partial charge is 0.271 e. The van der Waals surface area contributed by atoms with Gasteiger partial charge in [0, 0.05) is 17.8 Å². The van der Waals surface area contributed by atoms with E-state index >= 15 is 0 Å². The number of carbonyl (C=O) groups excluding carboxylic acids is 2. The summed E-state index contributed by atoms with van der Waals surface area (Å²) in [4.78, 5) is 28.0. The SMILES string of the molecule is CC1(C(=O)NC(=S)NNC(=O)c2cccnc2)CCCCC1. The highest BCUT2D eigenvalue weighted by Crippen LogP contribution is 2.35. The average molecular weight is 320 g/mol. The van der Waals surface area contributed by atoms with Gasteiger partial charge < -0.3 is 5.32 Å². The van der Waals surface area contributed by atoms with Crippen LogP contribution in [0.3, 0.4) is 0 Å². The number of hydrogen-bond acceptors (Lipinski definition) is 4. The monoisotopic (exact) mass is 320 g/mol. The Labute approximate surface area is 135 Å². The molecule has 2 rings (SSSR count). The Kier molecular flexibility index (Phi) is 5.43. The third-order valence-electron chi connectivity index (χ3n) is 3.95. The number of aromatic nitrogens is 1. The molecule has 0 spiro atoms. The van der Waals surface area contributed by atoms with Gasteiger partial charge in [-0.15, -0.1) is 0 Å². The van der Waals surface area contributed by atoms with Crippen molar-refractivity contribution < 1.29 is 9.59 Å². The molecular weight excluding hydrogens is 300 g/mol. The second kappa shape index (κ2) is 7.31. The van der Waals surface area contributed by atoms with Crippen LogP contribution in [0, 0.1) is 5.41 Å². The fourth-order valence-corrected chi connectivity index (χ4v) is 2.67. The number of pyridine rings is 1. The van der Waals surface area contributed by atoms with Gasteiger partial charge in [-0.05, 0) is 37.2 Å². The van der Waals surface area contributed by atoms with Crippen molar-refractivity contribution >= 4 is 29.1 Å². The first-order valence-corrected chi connectivity index (χ1v) is 7.74. The second-order valence-corrected chi connectivity index (χ2v) is 6.13. The van der Waals surface area contributed by atoms with E-state index in [2.05, 4.69) is 21.2 Å². The van der Waals surface area contributed by atoms with Gasteiger partial charge in [0.05, 0.1) is 5.56 Å². The van der Waals surface area contributed by atoms with Crippen molar-refractivity contribution in [3.63, 3.8) is 0 Å². The van der Waals surface area contributed by atoms with Crippen LogP contribution >= 0.6 is 12.2 Å². The van der Waals surface area contributed by atoms with E-state index < -0.39 is 0 Å². The standard InChI is InChI=1S/C15H20N4O2S/c1-15(7-3-2-4-8-15)13(21)17-14(22)19-18-12(20)11-6-5-9-16-10-11/h5-6,9-10H,2-4,7-8H2,1H3,(H,18,20)(H2,17,19,21,22). The minimum absolute atomic E-state index is 0.0917. The van der Waals surface area contributed by atoms with Crippen LogP contribution in [-0.4, -0.2) is 21.9 Å². The predicted octanol–water partition coefficient (Wildman–Crippen LogP) is 1.69. The summed E-state index contributed by atoms with van der Waals surface area (Å²) < 4.78 is 0. The Morgan fingerprint density at radius 1 is 1.23 bits per heavy atom. The molecule has 2 amide bonds. The Bertz CT molecular complexity index is 556. The van der Waals surface area contributed by atoms with Crippen LogP contribution in [-0.2, 0) is 4.79 Å². The van der Waals surface area contributed by atoms with Crippen LogP contribution in [0.15, 0.2) is 24.5 Å². The number of nitrogens with one attached hydrogen (secondary N) is 3. The van der Waals surface area contributed by atoms with Crippen LogP contribution in [0.2, 0.25) is 0 Å². The topological polar surface area (TPSA) is 83.1 Å². The summed E-state index contributed by atoms with van der Waals surface area (Å²) in [6.07, 6.45) is 8.05. The zero-order valence-corrected chi connectivity index (χ0v) is 13.3. The van der Waals surface area contributed by atoms with Gasteiger partial charge >= 0.3 is 0 Å². The highest BCUT2D eigenvalue weighted by atomic mass is 32.1. The zero-order valence-electron chi connectivity index (χ0n) is 12.5. The number of nitrogens with zero attached hydrogens (tertiary/aromatic N) is 1. The van der Waals surface area contributed by atoms with Crippen LogP contribution in [0.4, 0.5) is 0 Å². The summed E-state index contributed by atoms with van der Waals surface area (Å²) in [7, 11) is 0. The molecule has 1 fully saturated rings. The minimum Gasteiger partial charge on any atom is -0.301 e. The lowest BCUT2D eigenvalue weighted by Crippen LogP contribution is -2.52. The summed E-state index contributed by atoms with van der Waals surface area (Å²) >= 11 is 5.04. The maximum absolute atomic E-state index is 12.3. The van der Waals surface area contributed by atoms with Crippen molar-refractivity contribution in [3.8, 4) is 0 Å². The highest BCUT2D eigenvalue weighted by molar-refractivity contribution is 7.80. The van der Waals surface area contributed by atoms with E-state index in [9.17, 15) is 9.59 Å². The van der Waals surface area contributed by atoms with E-state index in [0.717, 1.165) is 25.7 Å². The van der Waals surface area contributed by atoms with Crippen molar-refractivity contribution in [2.75, 3.05) is 0 Å². The Morgan fingerprint density at radius 2 is 1.95 bits per heavy atom. The van der Waals surface area contributed by atoms with E-state index in [1.54, 1.807) is 18.3 Å². The maximum atomic E-state index is 12.3. The molecule has 6 nitrogen and oxygen atoms in total. The van der Waals surface area contributed by atoms with Crippen molar-refractivity contribution in [2.45, 2.75) is 39.0 Å². The van der Waals surface area contributed by atoms with Crippen molar-refractivity contribution in [3.05, 3.63) is 30.1 Å². The molecule has 7 heteroatoms. The molecule has 22 heavy (non-hydrogen) atoms. The van der Waals surface area contributed by atoms with Gasteiger partial charge in [-0.1, -0.05) is 26.2 Å². The fraction of sp³-hybridized carbons (Fsp3) is 0.467. The molecule has 0 aromatic carbocycles. The number of amides is 2. The fourth-order valence-electron chi connectivity index (χ4n) is 2.53. The lowest BCUT2D eigenvalue weighted by Gasteiger charge is -2.32. The van der Waals surface area contributed by atoms with Gasteiger partial charge in [-0.25, -0.2) is 0 Å². The molecule has 0 atom stereocenters. The predicted molar refractivity (Wildman–Crippen MR) is 86.8 cm³/mol. The first-order valence-electron chi connectivity index (χ1n) is 7.33. The third-order valence-corrected chi connectivity index (χ3v) is 4.15. The lowest BCUT2D eigenvalue weighted by atomic mass is 9.75. The Hall–Kier alpha value is -2.02. The number of carbonyl (C=O) groups is 2. The van der Waals surface area contributed by atoms with E-state index in [1.165, 1.54) is 12.6 Å². The van der Waals surface area contributed by atoms with E-state index in [1.807, 2.05) is 6.92 Å². The van der Waals surface area contributed by atoms with Gasteiger partial charge in [0.25, 0.3) is 5.91 Å². The molecule has 0 radical (unpaired) electrons. The summed E-state index contributed by atoms with van der Waals surface area (Å²) in [6, 6.07) is 3.30. The molecule has 1 aromatic rings. The van der Waals surface area contributed by atoms with Gasteiger partial charge in [-0.2, -0.15) is 0 Å². The summed E-state index contributed by atoms with van der Waals surface area (Å²) in [5, 5.41) is 2.74. The van der Waals surface area contributed by atoms with Crippen molar-refractivity contribution in [2.24, 2.45) is 5.41 Å². The molecule has 0 saturated heterocycles. The van der Waals surface area contributed by atoms with Crippen LogP contribution in [0.1, 0.15) is 49.4 Å². The minimum atomic E-state index is -0.378. The lowest BCUT2D eigenvalue weighted by molar-refractivity contribution is -0.130. The van der Waals surface area contributed by atoms with Gasteiger partial charge in [-0.3, -0.25) is 25.4 Å². The number of hydrogen-bond donors (Lipinski definition) is 3. The normalized spacial score (nSPS) is 16.4. The molecule has 3 N–H and O–H groups in total. The number of rotatable bonds is 2. The van der Waals surface area contributed by atoms with Gasteiger partial charge in [0.1, 0.15) is 0 Å². The molecule has 1 aromatic heterocycles. The second-order valence-electron chi connectivity index (χ2n) is 5.73. The summed E-state index contributed by atoms with van der Waals surface area (Å²) in [6.45, 7) is 1.96. The first-order chi connectivity index (χ1) is 10.5. The molecule has 0 bridgehead atoms. The molecule has 1 aliphatic rings. The van der Waals surface area contributed by atoms with Crippen molar-refractivity contribution in [1.82, 2.24) is 21.2 Å². The van der Waals surface area contributed by atoms with Gasteiger partial charge in [0.2, 0.25) is 5.91 Å². The van der Waals surface area contributed by atoms with Crippen LogP contribution < -0.4 is 16.2 Å². The maximum Gasteiger partial charge on any atom is 0.271 e. The highest BCUT2D eigenvalue weighted by Gasteiger charge is 2.34. The zero-order chi connectivity index (χ0) is 16.0. The van der Waals surface area contributed by atoms with Gasteiger partial charge in [0.15, 0.2) is 5.11 Å². The average Bonchev–Trinajstić information content (AvgIpc) is 2.54. The Balaban J connectivity index is 1.80. The largest absolute Gasteiger partial charge is 0.301 e. The summed E-state index contributed by atoms with van der Waals surface area (Å²) in [5.74, 6) is -0.464. The quantitative estimate of drug-likeness (QED) is 0.570. The summed E-state index contributed by atoms with van der Waals surface area (Å²) in [5.41, 5.74) is 5.00. The number of hydrazine groups is 1. The molecule has 1 saturated carbocycles. The molecule has 1 aliphatic carbocycles. The molecule has 1 heterocycles.